The second-order valence-corrected chi connectivity index (χ2v) is 6.09. The van der Waals surface area contributed by atoms with Crippen molar-refractivity contribution in [1.29, 1.82) is 0 Å². The molecule has 1 aromatic carbocycles. The Labute approximate surface area is 148 Å². The summed E-state index contributed by atoms with van der Waals surface area (Å²) in [7, 11) is -3.09. The van der Waals surface area contributed by atoms with E-state index in [1.165, 1.54) is 30.3 Å². The van der Waals surface area contributed by atoms with E-state index in [-0.39, 0.29) is 41.2 Å². The molecule has 1 amide bonds. The summed E-state index contributed by atoms with van der Waals surface area (Å²) >= 11 is 0. The highest BCUT2D eigenvalue weighted by atomic mass is 31.2. The van der Waals surface area contributed by atoms with Gasteiger partial charge in [0.25, 0.3) is 0 Å². The molecule has 11 nitrogen and oxygen atoms in total. The van der Waals surface area contributed by atoms with Crippen LogP contribution in [0.3, 0.4) is 0 Å². The minimum absolute atomic E-state index is 0.0180. The van der Waals surface area contributed by atoms with Crippen LogP contribution in [0.15, 0.2) is 46.6 Å². The highest BCUT2D eigenvalue weighted by Crippen LogP contribution is 2.42. The molecular formula is C14H17N6O5P. The van der Waals surface area contributed by atoms with Crippen LogP contribution in [-0.4, -0.2) is 34.3 Å². The number of nitrogens with zero attached hydrogens (tertiary/aromatic N) is 3. The summed E-state index contributed by atoms with van der Waals surface area (Å²) in [4.78, 5) is 33.3. The summed E-state index contributed by atoms with van der Waals surface area (Å²) < 4.78 is 15.5. The molecule has 26 heavy (non-hydrogen) atoms. The van der Waals surface area contributed by atoms with Gasteiger partial charge in [0.2, 0.25) is 5.91 Å². The molecule has 0 unspecified atom stereocenters. The Morgan fingerprint density at radius 1 is 1.23 bits per heavy atom. The predicted octanol–water partition coefficient (Wildman–Crippen LogP) is 1.71. The first-order valence-corrected chi connectivity index (χ1v) is 8.78. The Morgan fingerprint density at radius 2 is 1.92 bits per heavy atom. The molecule has 0 saturated heterocycles. The number of likely N-dealkylation sites (N-methyl/N-ethyl adjacent to an activating group) is 1. The third kappa shape index (κ3) is 5.90. The summed E-state index contributed by atoms with van der Waals surface area (Å²) in [5, 5.41) is 13.0. The van der Waals surface area contributed by atoms with Crippen LogP contribution in [0.2, 0.25) is 0 Å². The lowest BCUT2D eigenvalue weighted by atomic mass is 10.3. The van der Waals surface area contributed by atoms with Gasteiger partial charge in [-0.05, 0) is 31.3 Å². The summed E-state index contributed by atoms with van der Waals surface area (Å²) in [6, 6.07) is 8.93. The van der Waals surface area contributed by atoms with Crippen LogP contribution in [-0.2, 0) is 9.36 Å². The number of benzene rings is 1. The van der Waals surface area contributed by atoms with Gasteiger partial charge < -0.3 is 20.9 Å². The molecule has 0 radical (unpaired) electrons. The SMILES string of the molecule is CNCC(=O)Nc1ccc(N=Nc2ccccc2OP(=O)(O)O)c(N)n1. The zero-order valence-electron chi connectivity index (χ0n) is 13.7. The van der Waals surface area contributed by atoms with Crippen molar-refractivity contribution in [1.82, 2.24) is 10.3 Å². The molecule has 1 aromatic heterocycles. The summed E-state index contributed by atoms with van der Waals surface area (Å²) in [5.41, 5.74) is 6.10. The maximum atomic E-state index is 11.5. The Kier molecular flexibility index (Phi) is 6.36. The number of carbonyl (C=O) groups excluding carboxylic acids is 1. The van der Waals surface area contributed by atoms with Crippen molar-refractivity contribution < 1.29 is 23.7 Å². The minimum Gasteiger partial charge on any atom is -0.402 e. The molecule has 0 aliphatic rings. The van der Waals surface area contributed by atoms with Crippen molar-refractivity contribution >= 4 is 36.7 Å². The molecule has 0 atom stereocenters. The average molecular weight is 380 g/mol. The zero-order chi connectivity index (χ0) is 19.2. The first-order chi connectivity index (χ1) is 12.3. The van der Waals surface area contributed by atoms with Crippen LogP contribution in [0.5, 0.6) is 5.75 Å². The number of nitrogens with two attached hydrogens (primary N) is 1. The first-order valence-electron chi connectivity index (χ1n) is 7.25. The van der Waals surface area contributed by atoms with Gasteiger partial charge in [-0.3, -0.25) is 14.6 Å². The molecule has 0 aliphatic heterocycles. The third-order valence-corrected chi connectivity index (χ3v) is 3.29. The van der Waals surface area contributed by atoms with Gasteiger partial charge >= 0.3 is 7.82 Å². The van der Waals surface area contributed by atoms with Crippen molar-refractivity contribution in [3.05, 3.63) is 36.4 Å². The maximum absolute atomic E-state index is 11.5. The zero-order valence-corrected chi connectivity index (χ0v) is 14.6. The molecule has 0 bridgehead atoms. The van der Waals surface area contributed by atoms with Crippen molar-refractivity contribution in [3.63, 3.8) is 0 Å². The Balaban J connectivity index is 2.19. The van der Waals surface area contributed by atoms with E-state index >= 15 is 0 Å². The fourth-order valence-corrected chi connectivity index (χ4v) is 2.23. The molecule has 6 N–H and O–H groups in total. The van der Waals surface area contributed by atoms with E-state index in [1.54, 1.807) is 13.1 Å². The van der Waals surface area contributed by atoms with Crippen LogP contribution in [0.1, 0.15) is 0 Å². The molecule has 0 aliphatic carbocycles. The van der Waals surface area contributed by atoms with Crippen LogP contribution in [0, 0.1) is 0 Å². The van der Waals surface area contributed by atoms with Gasteiger partial charge in [0.05, 0.1) is 6.54 Å². The van der Waals surface area contributed by atoms with Gasteiger partial charge in [-0.1, -0.05) is 12.1 Å². The Bertz CT molecular complexity index is 869. The van der Waals surface area contributed by atoms with E-state index in [0.29, 0.717) is 0 Å². The summed E-state index contributed by atoms with van der Waals surface area (Å²) in [6.45, 7) is 0.124. The standard InChI is InChI=1S/C14H17N6O5P/c1-16-8-13(21)17-12-7-6-10(14(15)18-12)20-19-9-4-2-3-5-11(9)25-26(22,23)24/h2-7,16H,8H2,1H3,(H2,22,23,24)(H3,15,17,18,21). The van der Waals surface area contributed by atoms with Gasteiger partial charge in [-0.2, -0.15) is 0 Å². The van der Waals surface area contributed by atoms with Gasteiger partial charge in [0.1, 0.15) is 17.2 Å². The van der Waals surface area contributed by atoms with Gasteiger partial charge in [0.15, 0.2) is 11.6 Å². The number of pyridine rings is 1. The number of nitrogens with one attached hydrogen (secondary N) is 2. The summed E-state index contributed by atoms with van der Waals surface area (Å²) in [5.74, 6) is -0.138. The number of carbonyl (C=O) groups is 1. The van der Waals surface area contributed by atoms with E-state index in [4.69, 9.17) is 15.5 Å². The lowest BCUT2D eigenvalue weighted by molar-refractivity contribution is -0.115. The number of phosphoric ester groups is 1. The molecule has 0 fully saturated rings. The van der Waals surface area contributed by atoms with E-state index in [9.17, 15) is 9.36 Å². The van der Waals surface area contributed by atoms with Crippen LogP contribution >= 0.6 is 7.82 Å². The smallest absolute Gasteiger partial charge is 0.402 e. The molecule has 0 spiro atoms. The molecule has 2 rings (SSSR count). The first kappa shape index (κ1) is 19.5. The number of para-hydroxylation sites is 1. The molecule has 12 heteroatoms. The van der Waals surface area contributed by atoms with Crippen LogP contribution in [0.4, 0.5) is 23.0 Å². The number of aromatic nitrogens is 1. The monoisotopic (exact) mass is 380 g/mol. The molecular weight excluding hydrogens is 363 g/mol. The van der Waals surface area contributed by atoms with E-state index in [2.05, 4.69) is 30.4 Å². The fourth-order valence-electron chi connectivity index (χ4n) is 1.82. The average Bonchev–Trinajstić information content (AvgIpc) is 2.54. The number of azo groups is 1. The number of phosphoric acid groups is 1. The van der Waals surface area contributed by atoms with E-state index in [0.717, 1.165) is 0 Å². The van der Waals surface area contributed by atoms with Gasteiger partial charge in [-0.15, -0.1) is 10.2 Å². The number of anilines is 2. The van der Waals surface area contributed by atoms with Crippen molar-refractivity contribution in [2.45, 2.75) is 0 Å². The molecule has 138 valence electrons. The summed E-state index contributed by atoms with van der Waals surface area (Å²) in [6.07, 6.45) is 0. The number of hydrogen-bond acceptors (Lipinski definition) is 8. The lowest BCUT2D eigenvalue weighted by Crippen LogP contribution is -2.25. The van der Waals surface area contributed by atoms with E-state index in [1.807, 2.05) is 0 Å². The van der Waals surface area contributed by atoms with Crippen molar-refractivity contribution in [2.75, 3.05) is 24.6 Å². The molecule has 1 heterocycles. The highest BCUT2D eigenvalue weighted by Gasteiger charge is 2.18. The van der Waals surface area contributed by atoms with Crippen LogP contribution < -0.4 is 20.9 Å². The predicted molar refractivity (Wildman–Crippen MR) is 94.5 cm³/mol. The van der Waals surface area contributed by atoms with Crippen LogP contribution in [0.25, 0.3) is 0 Å². The number of amides is 1. The fraction of sp³-hybridized carbons (Fsp3) is 0.143. The Hall–Kier alpha value is -2.85. The number of nitrogen functional groups attached to an aromatic ring is 1. The second kappa shape index (κ2) is 8.50. The van der Waals surface area contributed by atoms with E-state index < -0.39 is 7.82 Å². The van der Waals surface area contributed by atoms with Gasteiger partial charge in [0, 0.05) is 0 Å². The quantitative estimate of drug-likeness (QED) is 0.357. The van der Waals surface area contributed by atoms with Crippen molar-refractivity contribution in [2.24, 2.45) is 10.2 Å². The Morgan fingerprint density at radius 3 is 2.58 bits per heavy atom. The number of hydrogen-bond donors (Lipinski definition) is 5. The second-order valence-electron chi connectivity index (χ2n) is 4.93. The topological polar surface area (TPSA) is 172 Å². The normalized spacial score (nSPS) is 11.5. The van der Waals surface area contributed by atoms with Gasteiger partial charge in [-0.25, -0.2) is 9.55 Å². The number of rotatable bonds is 7. The highest BCUT2D eigenvalue weighted by molar-refractivity contribution is 7.46. The molecule has 2 aromatic rings. The van der Waals surface area contributed by atoms with Crippen molar-refractivity contribution in [3.8, 4) is 5.75 Å². The largest absolute Gasteiger partial charge is 0.524 e. The molecule has 0 saturated carbocycles. The maximum Gasteiger partial charge on any atom is 0.524 e. The minimum atomic E-state index is -4.73. The lowest BCUT2D eigenvalue weighted by Gasteiger charge is -2.08. The third-order valence-electron chi connectivity index (χ3n) is 2.86.